The van der Waals surface area contributed by atoms with E-state index in [9.17, 15) is 4.79 Å². The molecule has 2 aromatic heterocycles. The van der Waals surface area contributed by atoms with Gasteiger partial charge in [0.2, 0.25) is 0 Å². The lowest BCUT2D eigenvalue weighted by molar-refractivity contribution is 0.310. The number of hydrogen-bond donors (Lipinski definition) is 1. The van der Waals surface area contributed by atoms with Crippen LogP contribution >= 0.6 is 11.3 Å². The fraction of sp³-hybridized carbons (Fsp3) is 0.217. The second-order valence-corrected chi connectivity index (χ2v) is 7.82. The van der Waals surface area contributed by atoms with Crippen molar-refractivity contribution in [3.63, 3.8) is 0 Å². The second kappa shape index (κ2) is 8.59. The van der Waals surface area contributed by atoms with Crippen molar-refractivity contribution in [3.05, 3.63) is 81.7 Å². The average Bonchev–Trinajstić information content (AvgIpc) is 3.15. The number of H-pyrrole nitrogens is 1. The molecule has 0 amide bonds. The number of rotatable bonds is 7. The number of benzene rings is 2. The van der Waals surface area contributed by atoms with E-state index < -0.39 is 0 Å². The normalized spacial score (nSPS) is 11.3. The summed E-state index contributed by atoms with van der Waals surface area (Å²) in [5.41, 5.74) is 3.07. The summed E-state index contributed by atoms with van der Waals surface area (Å²) in [5.74, 6) is 1.56. The molecule has 0 bridgehead atoms. The van der Waals surface area contributed by atoms with Crippen LogP contribution in [0.5, 0.6) is 5.75 Å². The quantitative estimate of drug-likeness (QED) is 0.485. The van der Waals surface area contributed by atoms with E-state index in [0.29, 0.717) is 24.4 Å². The Morgan fingerprint density at radius 2 is 1.83 bits per heavy atom. The highest BCUT2D eigenvalue weighted by molar-refractivity contribution is 7.17. The molecule has 0 saturated carbocycles. The molecule has 2 aromatic carbocycles. The summed E-state index contributed by atoms with van der Waals surface area (Å²) in [7, 11) is 2.02. The SMILES string of the molecule is CCOc1ccc(CN(C)Cc2nc3scc(-c4ccccc4)c3c(=O)[nH]2)cc1. The van der Waals surface area contributed by atoms with Crippen LogP contribution in [-0.2, 0) is 13.1 Å². The molecule has 0 aliphatic heterocycles. The first-order valence-electron chi connectivity index (χ1n) is 9.60. The van der Waals surface area contributed by atoms with E-state index in [2.05, 4.69) is 22.0 Å². The van der Waals surface area contributed by atoms with Gasteiger partial charge in [0.1, 0.15) is 16.4 Å². The zero-order chi connectivity index (χ0) is 20.2. The van der Waals surface area contributed by atoms with Crippen molar-refractivity contribution < 1.29 is 4.74 Å². The molecule has 0 fully saturated rings. The van der Waals surface area contributed by atoms with Gasteiger partial charge in [-0.3, -0.25) is 9.69 Å². The summed E-state index contributed by atoms with van der Waals surface area (Å²) in [6, 6.07) is 18.0. The number of fused-ring (bicyclic) bond motifs is 1. The first-order chi connectivity index (χ1) is 14.1. The molecule has 4 aromatic rings. The molecular weight excluding hydrogens is 382 g/mol. The average molecular weight is 406 g/mol. The molecular formula is C23H23N3O2S. The van der Waals surface area contributed by atoms with E-state index in [1.807, 2.05) is 61.8 Å². The van der Waals surface area contributed by atoms with Crippen LogP contribution in [0.3, 0.4) is 0 Å². The van der Waals surface area contributed by atoms with Crippen LogP contribution < -0.4 is 10.3 Å². The minimum Gasteiger partial charge on any atom is -0.494 e. The van der Waals surface area contributed by atoms with Gasteiger partial charge >= 0.3 is 0 Å². The number of hydrogen-bond acceptors (Lipinski definition) is 5. The van der Waals surface area contributed by atoms with Crippen LogP contribution in [0.2, 0.25) is 0 Å². The fourth-order valence-corrected chi connectivity index (χ4v) is 4.35. The Balaban J connectivity index is 1.52. The van der Waals surface area contributed by atoms with Crippen LogP contribution in [-0.4, -0.2) is 28.5 Å². The largest absolute Gasteiger partial charge is 0.494 e. The molecule has 0 saturated heterocycles. The molecule has 1 N–H and O–H groups in total. The minimum absolute atomic E-state index is 0.0837. The summed E-state index contributed by atoms with van der Waals surface area (Å²) >= 11 is 1.51. The Labute approximate surface area is 173 Å². The molecule has 148 valence electrons. The molecule has 4 rings (SSSR count). The second-order valence-electron chi connectivity index (χ2n) is 6.96. The summed E-state index contributed by atoms with van der Waals surface area (Å²) in [6.07, 6.45) is 0. The van der Waals surface area contributed by atoms with Gasteiger partial charge in [-0.25, -0.2) is 4.98 Å². The molecule has 5 nitrogen and oxygen atoms in total. The van der Waals surface area contributed by atoms with Gasteiger partial charge in [-0.15, -0.1) is 11.3 Å². The Morgan fingerprint density at radius 1 is 1.07 bits per heavy atom. The Morgan fingerprint density at radius 3 is 2.55 bits per heavy atom. The lowest BCUT2D eigenvalue weighted by atomic mass is 10.1. The molecule has 29 heavy (non-hydrogen) atoms. The number of ether oxygens (including phenoxy) is 1. The predicted molar refractivity (Wildman–Crippen MR) is 118 cm³/mol. The van der Waals surface area contributed by atoms with E-state index in [1.165, 1.54) is 16.9 Å². The van der Waals surface area contributed by atoms with Crippen LogP contribution in [0.4, 0.5) is 0 Å². The third-order valence-corrected chi connectivity index (χ3v) is 5.56. The van der Waals surface area contributed by atoms with Crippen molar-refractivity contribution in [3.8, 4) is 16.9 Å². The van der Waals surface area contributed by atoms with Gasteiger partial charge < -0.3 is 9.72 Å². The number of aromatic amines is 1. The van der Waals surface area contributed by atoms with E-state index in [0.717, 1.165) is 28.3 Å². The summed E-state index contributed by atoms with van der Waals surface area (Å²) in [5, 5.41) is 2.68. The first-order valence-corrected chi connectivity index (χ1v) is 10.5. The van der Waals surface area contributed by atoms with E-state index in [-0.39, 0.29) is 5.56 Å². The number of aromatic nitrogens is 2. The minimum atomic E-state index is -0.0837. The maximum Gasteiger partial charge on any atom is 0.260 e. The highest BCUT2D eigenvalue weighted by atomic mass is 32.1. The van der Waals surface area contributed by atoms with Crippen molar-refractivity contribution in [1.82, 2.24) is 14.9 Å². The summed E-state index contributed by atoms with van der Waals surface area (Å²) in [4.78, 5) is 23.3. The third kappa shape index (κ3) is 4.39. The van der Waals surface area contributed by atoms with Gasteiger partial charge in [0.15, 0.2) is 0 Å². The van der Waals surface area contributed by atoms with E-state index in [4.69, 9.17) is 9.72 Å². The lowest BCUT2D eigenvalue weighted by Crippen LogP contribution is -2.21. The maximum atomic E-state index is 12.8. The molecule has 0 unspecified atom stereocenters. The van der Waals surface area contributed by atoms with Crippen molar-refractivity contribution in [2.24, 2.45) is 0 Å². The van der Waals surface area contributed by atoms with Gasteiger partial charge in [0.25, 0.3) is 5.56 Å². The van der Waals surface area contributed by atoms with Crippen molar-refractivity contribution >= 4 is 21.6 Å². The number of nitrogens with zero attached hydrogens (tertiary/aromatic N) is 2. The predicted octanol–water partition coefficient (Wildman–Crippen LogP) is 4.68. The van der Waals surface area contributed by atoms with Gasteiger partial charge in [0, 0.05) is 17.5 Å². The van der Waals surface area contributed by atoms with Gasteiger partial charge in [-0.1, -0.05) is 42.5 Å². The Bertz CT molecular complexity index is 1150. The van der Waals surface area contributed by atoms with Crippen LogP contribution in [0, 0.1) is 0 Å². The Hall–Kier alpha value is -2.96. The molecule has 0 atom stereocenters. The van der Waals surface area contributed by atoms with Gasteiger partial charge in [-0.05, 0) is 37.2 Å². The van der Waals surface area contributed by atoms with E-state index >= 15 is 0 Å². The smallest absolute Gasteiger partial charge is 0.260 e. The van der Waals surface area contributed by atoms with Crippen LogP contribution in [0.15, 0.2) is 64.8 Å². The van der Waals surface area contributed by atoms with Gasteiger partial charge in [0.05, 0.1) is 18.5 Å². The summed E-state index contributed by atoms with van der Waals surface area (Å²) in [6.45, 7) is 3.96. The first kappa shape index (κ1) is 19.4. The zero-order valence-corrected chi connectivity index (χ0v) is 17.3. The van der Waals surface area contributed by atoms with Crippen molar-refractivity contribution in [2.45, 2.75) is 20.0 Å². The third-order valence-electron chi connectivity index (χ3n) is 4.68. The molecule has 6 heteroatoms. The monoisotopic (exact) mass is 405 g/mol. The van der Waals surface area contributed by atoms with Crippen molar-refractivity contribution in [2.75, 3.05) is 13.7 Å². The molecule has 0 aliphatic rings. The topological polar surface area (TPSA) is 58.2 Å². The number of thiophene rings is 1. The van der Waals surface area contributed by atoms with Crippen molar-refractivity contribution in [1.29, 1.82) is 0 Å². The van der Waals surface area contributed by atoms with E-state index in [1.54, 1.807) is 0 Å². The maximum absolute atomic E-state index is 12.8. The molecule has 0 aliphatic carbocycles. The fourth-order valence-electron chi connectivity index (χ4n) is 3.38. The highest BCUT2D eigenvalue weighted by Gasteiger charge is 2.13. The Kier molecular flexibility index (Phi) is 5.74. The molecule has 0 radical (unpaired) electrons. The highest BCUT2D eigenvalue weighted by Crippen LogP contribution is 2.30. The lowest BCUT2D eigenvalue weighted by Gasteiger charge is -2.16. The molecule has 0 spiro atoms. The molecule has 2 heterocycles. The standard InChI is InChI=1S/C23H23N3O2S/c1-3-28-18-11-9-16(10-12-18)13-26(2)14-20-24-22(27)21-19(15-29-23(21)25-20)17-7-5-4-6-8-17/h4-12,15H,3,13-14H2,1-2H3,(H,24,25,27). The summed E-state index contributed by atoms with van der Waals surface area (Å²) < 4.78 is 5.49. The van der Waals surface area contributed by atoms with Crippen LogP contribution in [0.1, 0.15) is 18.3 Å². The zero-order valence-electron chi connectivity index (χ0n) is 16.5. The van der Waals surface area contributed by atoms with Crippen LogP contribution in [0.25, 0.3) is 21.3 Å². The van der Waals surface area contributed by atoms with Gasteiger partial charge in [-0.2, -0.15) is 0 Å². The number of nitrogens with one attached hydrogen (secondary N) is 1.